The van der Waals surface area contributed by atoms with Crippen LogP contribution < -0.4 is 32.2 Å². The lowest BCUT2D eigenvalue weighted by molar-refractivity contribution is 0.415. The number of ether oxygens (including phenoxy) is 1. The number of nitrogens with one attached hydrogen (secondary N) is 3. The number of hydrogen-bond donors (Lipinski definition) is 5. The Kier molecular flexibility index (Phi) is 8.40. The third-order valence-electron chi connectivity index (χ3n) is 6.52. The molecule has 12 heteroatoms. The summed E-state index contributed by atoms with van der Waals surface area (Å²) >= 11 is 6.23. The fraction of sp³-hybridized carbons (Fsp3) is 0.333. The maximum Gasteiger partial charge on any atom is 0.224 e. The molecule has 7 N–H and O–H groups in total. The first-order valence-electron chi connectivity index (χ1n) is 13.0. The molecule has 0 radical (unpaired) electrons. The van der Waals surface area contributed by atoms with Crippen molar-refractivity contribution in [3.8, 4) is 5.75 Å². The number of nitrogen functional groups attached to an aromatic ring is 2. The molecular weight excluding hydrogens is 516 g/mol. The summed E-state index contributed by atoms with van der Waals surface area (Å²) in [5, 5.41) is 13.4. The van der Waals surface area contributed by atoms with Crippen LogP contribution in [0.25, 0.3) is 33.0 Å². The van der Waals surface area contributed by atoms with E-state index in [0.29, 0.717) is 22.0 Å². The van der Waals surface area contributed by atoms with Gasteiger partial charge in [-0.3, -0.25) is 0 Å². The maximum atomic E-state index is 6.23. The van der Waals surface area contributed by atoms with Gasteiger partial charge in [-0.2, -0.15) is 9.97 Å². The van der Waals surface area contributed by atoms with Gasteiger partial charge in [-0.25, -0.2) is 9.97 Å². The van der Waals surface area contributed by atoms with Gasteiger partial charge in [0.2, 0.25) is 5.95 Å². The van der Waals surface area contributed by atoms with E-state index in [1.165, 1.54) is 0 Å². The number of fused-ring (bicyclic) bond motifs is 3. The van der Waals surface area contributed by atoms with Crippen LogP contribution in [0, 0.1) is 0 Å². The zero-order valence-corrected chi connectivity index (χ0v) is 22.6. The molecule has 0 spiro atoms. The first-order valence-corrected chi connectivity index (χ1v) is 13.4. The van der Waals surface area contributed by atoms with E-state index in [4.69, 9.17) is 32.8 Å². The highest BCUT2D eigenvalue weighted by Crippen LogP contribution is 2.34. The Balaban J connectivity index is 1.04. The molecule has 39 heavy (non-hydrogen) atoms. The number of rotatable bonds is 13. The minimum Gasteiger partial charge on any atom is -0.497 e. The van der Waals surface area contributed by atoms with Gasteiger partial charge in [0.15, 0.2) is 11.5 Å². The van der Waals surface area contributed by atoms with Crippen LogP contribution in [0.3, 0.4) is 0 Å². The fourth-order valence-corrected chi connectivity index (χ4v) is 4.74. The molecule has 5 rings (SSSR count). The molecule has 3 heterocycles. The van der Waals surface area contributed by atoms with Crippen molar-refractivity contribution in [3.05, 3.63) is 47.7 Å². The number of pyridine rings is 1. The summed E-state index contributed by atoms with van der Waals surface area (Å²) in [5.74, 6) is 1.26. The number of benzene rings is 2. The second-order valence-corrected chi connectivity index (χ2v) is 9.68. The summed E-state index contributed by atoms with van der Waals surface area (Å²) < 4.78 is 7.38. The third kappa shape index (κ3) is 6.22. The van der Waals surface area contributed by atoms with Crippen molar-refractivity contribution in [1.82, 2.24) is 35.1 Å². The van der Waals surface area contributed by atoms with E-state index in [-0.39, 0.29) is 5.95 Å². The van der Waals surface area contributed by atoms with Crippen molar-refractivity contribution in [1.29, 1.82) is 0 Å². The van der Waals surface area contributed by atoms with Gasteiger partial charge in [-0.1, -0.05) is 11.6 Å². The number of methoxy groups -OCH3 is 1. The Morgan fingerprint density at radius 1 is 0.872 bits per heavy atom. The highest BCUT2D eigenvalue weighted by Gasteiger charge is 2.11. The van der Waals surface area contributed by atoms with Gasteiger partial charge >= 0.3 is 0 Å². The molecule has 204 valence electrons. The van der Waals surface area contributed by atoms with Gasteiger partial charge in [0.1, 0.15) is 11.3 Å². The number of halogens is 1. The Labute approximate surface area is 231 Å². The lowest BCUT2D eigenvalue weighted by Crippen LogP contribution is -2.25. The molecule has 0 amide bonds. The van der Waals surface area contributed by atoms with Crippen molar-refractivity contribution in [2.45, 2.75) is 19.4 Å². The highest BCUT2D eigenvalue weighted by atomic mass is 35.5. The molecule has 3 aromatic heterocycles. The van der Waals surface area contributed by atoms with Gasteiger partial charge in [-0.05, 0) is 68.9 Å². The molecule has 0 saturated carbocycles. The van der Waals surface area contributed by atoms with Crippen LogP contribution >= 0.6 is 11.6 Å². The van der Waals surface area contributed by atoms with E-state index in [1.807, 2.05) is 41.0 Å². The van der Waals surface area contributed by atoms with Crippen LogP contribution in [0.15, 0.2) is 42.7 Å². The zero-order valence-electron chi connectivity index (χ0n) is 21.9. The third-order valence-corrected chi connectivity index (χ3v) is 6.76. The van der Waals surface area contributed by atoms with E-state index in [9.17, 15) is 0 Å². The molecule has 5 aromatic rings. The molecular formula is C27H33ClN10O. The van der Waals surface area contributed by atoms with Crippen molar-refractivity contribution in [2.24, 2.45) is 0 Å². The number of nitrogens with zero attached hydrogens (tertiary/aromatic N) is 5. The second kappa shape index (κ2) is 12.3. The van der Waals surface area contributed by atoms with E-state index >= 15 is 0 Å². The molecule has 0 aliphatic carbocycles. The summed E-state index contributed by atoms with van der Waals surface area (Å²) in [7, 11) is 1.67. The highest BCUT2D eigenvalue weighted by molar-refractivity contribution is 6.31. The van der Waals surface area contributed by atoms with Crippen LogP contribution in [0.1, 0.15) is 12.8 Å². The van der Waals surface area contributed by atoms with Gasteiger partial charge in [0.05, 0.1) is 30.2 Å². The zero-order chi connectivity index (χ0) is 27.2. The molecule has 0 aliphatic heterocycles. The van der Waals surface area contributed by atoms with Gasteiger partial charge in [0, 0.05) is 35.4 Å². The summed E-state index contributed by atoms with van der Waals surface area (Å²) in [6.45, 7) is 5.13. The molecule has 0 atom stereocenters. The molecule has 0 unspecified atom stereocenters. The van der Waals surface area contributed by atoms with Gasteiger partial charge < -0.3 is 36.7 Å². The van der Waals surface area contributed by atoms with Crippen molar-refractivity contribution >= 4 is 62.0 Å². The molecule has 0 aliphatic rings. The molecule has 0 fully saturated rings. The fourth-order valence-electron chi connectivity index (χ4n) is 4.58. The lowest BCUT2D eigenvalue weighted by atomic mass is 10.1. The van der Waals surface area contributed by atoms with Crippen molar-refractivity contribution < 1.29 is 4.74 Å². The van der Waals surface area contributed by atoms with Gasteiger partial charge in [-0.15, -0.1) is 0 Å². The number of hydrogen-bond acceptors (Lipinski definition) is 10. The van der Waals surface area contributed by atoms with Crippen LogP contribution in [0.2, 0.25) is 5.02 Å². The van der Waals surface area contributed by atoms with E-state index in [2.05, 4.69) is 30.9 Å². The van der Waals surface area contributed by atoms with Gasteiger partial charge in [0.25, 0.3) is 0 Å². The molecule has 2 aromatic carbocycles. The Morgan fingerprint density at radius 2 is 1.67 bits per heavy atom. The van der Waals surface area contributed by atoms with Crippen molar-refractivity contribution in [3.63, 3.8) is 0 Å². The average molecular weight is 549 g/mol. The summed E-state index contributed by atoms with van der Waals surface area (Å²) in [5.41, 5.74) is 15.7. The molecule has 11 nitrogen and oxygen atoms in total. The standard InChI is InChI=1S/C27H33ClN10O/c1-39-18-5-7-21-20(15-18)23(19-6-4-17(28)14-22(19)35-21)33-11-3-10-31-8-2-9-32-12-13-38-16-34-24-25(29)36-27(30)37-26(24)38/h4-7,14-16,31-32H,2-3,8-13H2,1H3,(H,33,35)(H4,29,30,36,37). The predicted molar refractivity (Wildman–Crippen MR) is 158 cm³/mol. The topological polar surface area (TPSA) is 154 Å². The predicted octanol–water partition coefficient (Wildman–Crippen LogP) is 3.43. The minimum atomic E-state index is 0.156. The Hall–Kier alpha value is -3.93. The number of aromatic nitrogens is 5. The molecule has 0 saturated heterocycles. The smallest absolute Gasteiger partial charge is 0.224 e. The van der Waals surface area contributed by atoms with E-state index < -0.39 is 0 Å². The summed E-state index contributed by atoms with van der Waals surface area (Å²) in [4.78, 5) is 17.3. The first kappa shape index (κ1) is 26.7. The van der Waals surface area contributed by atoms with Crippen LogP contribution in [-0.4, -0.2) is 64.3 Å². The number of imidazole rings is 1. The van der Waals surface area contributed by atoms with E-state index in [1.54, 1.807) is 13.4 Å². The monoisotopic (exact) mass is 548 g/mol. The quantitative estimate of drug-likeness (QED) is 0.109. The number of nitrogens with two attached hydrogens (primary N) is 2. The Bertz CT molecular complexity index is 1590. The van der Waals surface area contributed by atoms with Crippen LogP contribution in [0.4, 0.5) is 17.5 Å². The largest absolute Gasteiger partial charge is 0.497 e. The first-order chi connectivity index (χ1) is 19.0. The minimum absolute atomic E-state index is 0.156. The summed E-state index contributed by atoms with van der Waals surface area (Å²) in [6, 6.07) is 11.8. The molecule has 0 bridgehead atoms. The van der Waals surface area contributed by atoms with Crippen LogP contribution in [0.5, 0.6) is 5.75 Å². The second-order valence-electron chi connectivity index (χ2n) is 9.24. The normalized spacial score (nSPS) is 11.5. The number of anilines is 3. The van der Waals surface area contributed by atoms with E-state index in [0.717, 1.165) is 85.4 Å². The SMILES string of the molecule is COc1ccc2nc3cc(Cl)ccc3c(NCCCNCCCNCCn3cnc4c(N)nc(N)nc43)c2c1. The summed E-state index contributed by atoms with van der Waals surface area (Å²) in [6.07, 6.45) is 3.73. The van der Waals surface area contributed by atoms with Crippen molar-refractivity contribution in [2.75, 3.05) is 56.6 Å². The Morgan fingerprint density at radius 3 is 2.49 bits per heavy atom. The lowest BCUT2D eigenvalue weighted by Gasteiger charge is -2.14. The maximum absolute atomic E-state index is 6.23. The average Bonchev–Trinajstić information content (AvgIpc) is 3.33. The van der Waals surface area contributed by atoms with Crippen LogP contribution in [-0.2, 0) is 6.54 Å².